The van der Waals surface area contributed by atoms with Gasteiger partial charge in [-0.2, -0.15) is 0 Å². The number of ether oxygens (including phenoxy) is 1. The van der Waals surface area contributed by atoms with Crippen molar-refractivity contribution in [2.75, 3.05) is 12.8 Å². The topological polar surface area (TPSA) is 115 Å². The molecule has 0 aliphatic heterocycles. The van der Waals surface area contributed by atoms with Gasteiger partial charge in [-0.25, -0.2) is 9.97 Å². The summed E-state index contributed by atoms with van der Waals surface area (Å²) >= 11 is 5.89. The van der Waals surface area contributed by atoms with Gasteiger partial charge >= 0.3 is 0 Å². The van der Waals surface area contributed by atoms with Gasteiger partial charge in [-0.3, -0.25) is 13.7 Å². The van der Waals surface area contributed by atoms with Crippen LogP contribution in [0.25, 0.3) is 11.2 Å². The number of imidazole rings is 1. The first-order chi connectivity index (χ1) is 14.9. The number of hydrogen-bond acceptors (Lipinski definition) is 5. The minimum Gasteiger partial charge on any atom is -0.492 e. The zero-order valence-electron chi connectivity index (χ0n) is 16.5. The van der Waals surface area contributed by atoms with Gasteiger partial charge in [0.15, 0.2) is 11.2 Å². The highest BCUT2D eigenvalue weighted by molar-refractivity contribution is 7.56. The summed E-state index contributed by atoms with van der Waals surface area (Å²) in [5.41, 5.74) is 0.396. The van der Waals surface area contributed by atoms with Crippen molar-refractivity contribution in [3.05, 3.63) is 76.3 Å². The highest BCUT2D eigenvalue weighted by atomic mass is 35.5. The molecule has 1 unspecified atom stereocenters. The quantitative estimate of drug-likeness (QED) is 0.369. The fourth-order valence-electron chi connectivity index (χ4n) is 3.33. The smallest absolute Gasteiger partial charge is 0.297 e. The van der Waals surface area contributed by atoms with E-state index in [4.69, 9.17) is 16.3 Å². The number of benzene rings is 1. The molecule has 2 N–H and O–H groups in total. The lowest BCUT2D eigenvalue weighted by atomic mass is 10.3. The fourth-order valence-corrected chi connectivity index (χ4v) is 4.83. The molecule has 11 heteroatoms. The molecule has 0 aliphatic rings. The summed E-state index contributed by atoms with van der Waals surface area (Å²) < 4.78 is 21.4. The molecule has 0 fully saturated rings. The van der Waals surface area contributed by atoms with Crippen LogP contribution < -0.4 is 10.3 Å². The van der Waals surface area contributed by atoms with Crippen LogP contribution in [0, 0.1) is 0 Å². The van der Waals surface area contributed by atoms with Crippen LogP contribution in [0.15, 0.2) is 59.9 Å². The van der Waals surface area contributed by atoms with Crippen molar-refractivity contribution < 1.29 is 14.2 Å². The zero-order valence-corrected chi connectivity index (χ0v) is 18.2. The number of fused-ring (bicyclic) bond motifs is 1. The maximum atomic E-state index is 12.5. The van der Waals surface area contributed by atoms with Crippen molar-refractivity contribution in [3.8, 4) is 5.75 Å². The largest absolute Gasteiger partial charge is 0.492 e. The predicted molar refractivity (Wildman–Crippen MR) is 118 cm³/mol. The molecule has 162 valence electrons. The van der Waals surface area contributed by atoms with Crippen molar-refractivity contribution >= 4 is 30.3 Å². The second kappa shape index (κ2) is 9.09. The molecule has 3 aromatic heterocycles. The van der Waals surface area contributed by atoms with Crippen molar-refractivity contribution in [2.24, 2.45) is 0 Å². The maximum Gasteiger partial charge on any atom is 0.297 e. The van der Waals surface area contributed by atoms with Crippen molar-refractivity contribution in [1.82, 2.24) is 23.9 Å². The van der Waals surface area contributed by atoms with Gasteiger partial charge < -0.3 is 19.2 Å². The van der Waals surface area contributed by atoms with E-state index in [1.54, 1.807) is 53.4 Å². The zero-order chi connectivity index (χ0) is 21.8. The lowest BCUT2D eigenvalue weighted by Crippen LogP contribution is -2.17. The first-order valence-electron chi connectivity index (χ1n) is 9.71. The minimum atomic E-state index is -3.50. The van der Waals surface area contributed by atoms with E-state index in [-0.39, 0.29) is 11.7 Å². The summed E-state index contributed by atoms with van der Waals surface area (Å²) in [7, 11) is -3.50. The monoisotopic (exact) mass is 461 g/mol. The molecule has 0 saturated heterocycles. The summed E-state index contributed by atoms with van der Waals surface area (Å²) in [5, 5.41) is 0.619. The highest BCUT2D eigenvalue weighted by Crippen LogP contribution is 2.42. The van der Waals surface area contributed by atoms with E-state index in [1.807, 2.05) is 0 Å². The third-order valence-electron chi connectivity index (χ3n) is 4.82. The Bertz CT molecular complexity index is 1270. The van der Waals surface area contributed by atoms with E-state index in [1.165, 1.54) is 10.7 Å². The minimum absolute atomic E-state index is 0.0932. The molecule has 4 rings (SSSR count). The molecule has 0 spiro atoms. The molecule has 3 heterocycles. The van der Waals surface area contributed by atoms with Gasteiger partial charge in [0.05, 0.1) is 12.9 Å². The Morgan fingerprint density at radius 1 is 1.19 bits per heavy atom. The third kappa shape index (κ3) is 4.90. The number of aryl methyl sites for hydroxylation is 1. The van der Waals surface area contributed by atoms with Gasteiger partial charge in [0, 0.05) is 30.0 Å². The number of nitrogens with zero attached hydrogens (tertiary/aromatic N) is 4. The van der Waals surface area contributed by atoms with E-state index >= 15 is 0 Å². The second-order valence-corrected chi connectivity index (χ2v) is 9.62. The molecule has 0 radical (unpaired) electrons. The van der Waals surface area contributed by atoms with E-state index in [9.17, 15) is 14.3 Å². The molecule has 1 atom stereocenters. The van der Waals surface area contributed by atoms with Crippen molar-refractivity contribution in [1.29, 1.82) is 0 Å². The molecule has 1 aromatic carbocycles. The molecule has 9 nitrogen and oxygen atoms in total. The number of hydrogen-bond donors (Lipinski definition) is 2. The number of rotatable bonds is 9. The maximum absolute atomic E-state index is 12.5. The van der Waals surface area contributed by atoms with Gasteiger partial charge in [0.2, 0.25) is 0 Å². The standard InChI is InChI=1S/C20H21ClN5O4P/c21-15-5-7-16(8-6-15)30-12-11-26-17(24-19-18(26)20(27)23-14-22-19)4-3-13-31(28,29)25-9-1-2-10-25/h1-2,5-10,14H,3-4,11-13H2,(H,28,29)(H,22,23,27). The van der Waals surface area contributed by atoms with Crippen LogP contribution in [-0.4, -0.2) is 41.5 Å². The first kappa shape index (κ1) is 21.4. The van der Waals surface area contributed by atoms with Crippen LogP contribution in [0.4, 0.5) is 0 Å². The van der Waals surface area contributed by atoms with Crippen LogP contribution in [0.1, 0.15) is 12.2 Å². The highest BCUT2D eigenvalue weighted by Gasteiger charge is 2.21. The Morgan fingerprint density at radius 2 is 1.94 bits per heavy atom. The van der Waals surface area contributed by atoms with Crippen molar-refractivity contribution in [2.45, 2.75) is 19.4 Å². The Balaban J connectivity index is 1.49. The molecule has 31 heavy (non-hydrogen) atoms. The molecule has 4 aromatic rings. The Kier molecular flexibility index (Phi) is 6.27. The van der Waals surface area contributed by atoms with Crippen LogP contribution >= 0.6 is 19.1 Å². The van der Waals surface area contributed by atoms with Gasteiger partial charge in [0.25, 0.3) is 13.1 Å². The molecular weight excluding hydrogens is 441 g/mol. The first-order valence-corrected chi connectivity index (χ1v) is 11.9. The molecule has 0 amide bonds. The fraction of sp³-hybridized carbons (Fsp3) is 0.250. The lowest BCUT2D eigenvalue weighted by Gasteiger charge is -2.13. The SMILES string of the molecule is O=c1[nH]cnc2nc(CCCP(=O)(O)n3cccc3)n(CCOc3ccc(Cl)cc3)c12. The molecule has 0 saturated carbocycles. The number of aromatic amines is 1. The Labute approximate surface area is 182 Å². The molecular formula is C20H21ClN5O4P. The average molecular weight is 462 g/mol. The third-order valence-corrected chi connectivity index (χ3v) is 6.96. The van der Waals surface area contributed by atoms with Gasteiger partial charge in [-0.05, 0) is 42.8 Å². The van der Waals surface area contributed by atoms with E-state index < -0.39 is 7.52 Å². The van der Waals surface area contributed by atoms with Crippen LogP contribution in [0.2, 0.25) is 5.02 Å². The van der Waals surface area contributed by atoms with E-state index in [0.717, 1.165) is 0 Å². The van der Waals surface area contributed by atoms with Crippen LogP contribution in [0.5, 0.6) is 5.75 Å². The summed E-state index contributed by atoms with van der Waals surface area (Å²) in [6, 6.07) is 10.4. The summed E-state index contributed by atoms with van der Waals surface area (Å²) in [6.07, 6.45) is 5.40. The Hall–Kier alpha value is -2.87. The second-order valence-electron chi connectivity index (χ2n) is 6.94. The number of nitrogens with one attached hydrogen (secondary N) is 1. The lowest BCUT2D eigenvalue weighted by molar-refractivity contribution is 0.298. The normalized spacial score (nSPS) is 13.4. The summed E-state index contributed by atoms with van der Waals surface area (Å²) in [5.74, 6) is 1.28. The van der Waals surface area contributed by atoms with Crippen LogP contribution in [0.3, 0.4) is 0 Å². The molecule has 0 bridgehead atoms. The summed E-state index contributed by atoms with van der Waals surface area (Å²) in [6.45, 7) is 0.675. The van der Waals surface area contributed by atoms with Gasteiger partial charge in [0.1, 0.15) is 18.2 Å². The summed E-state index contributed by atoms with van der Waals surface area (Å²) in [4.78, 5) is 33.8. The van der Waals surface area contributed by atoms with E-state index in [0.29, 0.717) is 53.8 Å². The van der Waals surface area contributed by atoms with Gasteiger partial charge in [-0.1, -0.05) is 11.6 Å². The average Bonchev–Trinajstić information content (AvgIpc) is 3.39. The number of halogens is 1. The van der Waals surface area contributed by atoms with Crippen molar-refractivity contribution in [3.63, 3.8) is 0 Å². The van der Waals surface area contributed by atoms with Gasteiger partial charge in [-0.15, -0.1) is 0 Å². The van der Waals surface area contributed by atoms with Crippen LogP contribution in [-0.2, 0) is 17.5 Å². The molecule has 0 aliphatic carbocycles. The number of aromatic nitrogens is 5. The van der Waals surface area contributed by atoms with E-state index in [2.05, 4.69) is 15.0 Å². The predicted octanol–water partition coefficient (Wildman–Crippen LogP) is 3.32. The number of H-pyrrole nitrogens is 1. The Morgan fingerprint density at radius 3 is 2.68 bits per heavy atom.